The van der Waals surface area contributed by atoms with Gasteiger partial charge in [-0.15, -0.1) is 0 Å². The first kappa shape index (κ1) is 27.2. The molecule has 38 heavy (non-hydrogen) atoms. The summed E-state index contributed by atoms with van der Waals surface area (Å²) in [6.45, 7) is 0.623. The highest BCUT2D eigenvalue weighted by Gasteiger charge is 2.41. The Morgan fingerprint density at radius 3 is 2.24 bits per heavy atom. The standard InChI is InChI=1S/C29H28F4N2O3/c30-25-12-9-21(10-13-25)11-14-26(36)35-17-15-28(16-18-35,23-6-2-1-3-7-23)38-27(37)34-20-22-5-4-8-24(19-22)29(31,32)33/h1-10,12-13,19H,11,14-18,20H2,(H,34,37). The van der Waals surface area contributed by atoms with Crippen LogP contribution in [0.25, 0.3) is 0 Å². The van der Waals surface area contributed by atoms with E-state index in [2.05, 4.69) is 5.32 Å². The van der Waals surface area contributed by atoms with Crippen molar-refractivity contribution in [2.75, 3.05) is 13.1 Å². The van der Waals surface area contributed by atoms with Gasteiger partial charge in [-0.2, -0.15) is 13.2 Å². The van der Waals surface area contributed by atoms with Crippen molar-refractivity contribution in [1.82, 2.24) is 10.2 Å². The van der Waals surface area contributed by atoms with E-state index in [1.54, 1.807) is 17.0 Å². The number of rotatable bonds is 7. The van der Waals surface area contributed by atoms with Gasteiger partial charge in [-0.05, 0) is 47.4 Å². The van der Waals surface area contributed by atoms with Crippen molar-refractivity contribution in [2.45, 2.75) is 44.0 Å². The molecule has 0 bridgehead atoms. The van der Waals surface area contributed by atoms with Gasteiger partial charge in [0.05, 0.1) is 5.56 Å². The maximum Gasteiger partial charge on any atom is 0.416 e. The molecule has 0 spiro atoms. The lowest BCUT2D eigenvalue weighted by atomic mass is 9.84. The van der Waals surface area contributed by atoms with Crippen LogP contribution in [0, 0.1) is 5.82 Å². The number of ether oxygens (including phenoxy) is 1. The molecule has 2 amide bonds. The van der Waals surface area contributed by atoms with Gasteiger partial charge in [0.15, 0.2) is 0 Å². The molecule has 3 aromatic carbocycles. The molecule has 1 aliphatic heterocycles. The third-order valence-corrected chi connectivity index (χ3v) is 6.74. The number of hydrogen-bond donors (Lipinski definition) is 1. The molecule has 3 aromatic rings. The molecule has 0 saturated carbocycles. The number of carbonyl (C=O) groups is 2. The molecular formula is C29H28F4N2O3. The van der Waals surface area contributed by atoms with E-state index in [0.29, 0.717) is 37.9 Å². The fourth-order valence-corrected chi connectivity index (χ4v) is 4.61. The average molecular weight is 529 g/mol. The summed E-state index contributed by atoms with van der Waals surface area (Å²) in [6, 6.07) is 20.0. The number of likely N-dealkylation sites (tertiary alicyclic amines) is 1. The molecule has 0 atom stereocenters. The zero-order valence-corrected chi connectivity index (χ0v) is 20.6. The molecular weight excluding hydrogens is 500 g/mol. The number of alkyl carbamates (subject to hydrolysis) is 1. The highest BCUT2D eigenvalue weighted by Crippen LogP contribution is 2.37. The van der Waals surface area contributed by atoms with Crippen LogP contribution in [0.2, 0.25) is 0 Å². The fourth-order valence-electron chi connectivity index (χ4n) is 4.61. The molecule has 1 aliphatic rings. The van der Waals surface area contributed by atoms with Crippen LogP contribution in [0.1, 0.15) is 41.5 Å². The lowest BCUT2D eigenvalue weighted by Gasteiger charge is -2.41. The Bertz CT molecular complexity index is 1240. The smallest absolute Gasteiger partial charge is 0.416 e. The number of carbonyl (C=O) groups excluding carboxylic acids is 2. The second-order valence-electron chi connectivity index (χ2n) is 9.31. The predicted octanol–water partition coefficient (Wildman–Crippen LogP) is 6.22. The monoisotopic (exact) mass is 528 g/mol. The summed E-state index contributed by atoms with van der Waals surface area (Å²) in [5, 5.41) is 2.56. The van der Waals surface area contributed by atoms with Crippen LogP contribution in [0.15, 0.2) is 78.9 Å². The number of hydrogen-bond acceptors (Lipinski definition) is 3. The van der Waals surface area contributed by atoms with Crippen LogP contribution >= 0.6 is 0 Å². The van der Waals surface area contributed by atoms with E-state index in [4.69, 9.17) is 4.74 Å². The number of nitrogens with zero attached hydrogens (tertiary/aromatic N) is 1. The molecule has 5 nitrogen and oxygen atoms in total. The SMILES string of the molecule is O=C(NCc1cccc(C(F)(F)F)c1)OC1(c2ccccc2)CCN(C(=O)CCc2ccc(F)cc2)CC1. The summed E-state index contributed by atoms with van der Waals surface area (Å²) in [5.74, 6) is -0.364. The van der Waals surface area contributed by atoms with Crippen molar-refractivity contribution in [2.24, 2.45) is 0 Å². The zero-order valence-electron chi connectivity index (χ0n) is 20.6. The largest absolute Gasteiger partial charge is 0.438 e. The van der Waals surface area contributed by atoms with E-state index in [1.165, 1.54) is 24.3 Å². The van der Waals surface area contributed by atoms with Crippen molar-refractivity contribution >= 4 is 12.0 Å². The van der Waals surface area contributed by atoms with Crippen molar-refractivity contribution in [3.8, 4) is 0 Å². The van der Waals surface area contributed by atoms with Crippen LogP contribution in [-0.4, -0.2) is 30.0 Å². The number of piperidine rings is 1. The molecule has 1 heterocycles. The first-order chi connectivity index (χ1) is 18.1. The van der Waals surface area contributed by atoms with Gasteiger partial charge in [0.2, 0.25) is 5.91 Å². The summed E-state index contributed by atoms with van der Waals surface area (Å²) >= 11 is 0. The number of nitrogens with one attached hydrogen (secondary N) is 1. The average Bonchev–Trinajstić information content (AvgIpc) is 2.92. The van der Waals surface area contributed by atoms with Crippen LogP contribution < -0.4 is 5.32 Å². The zero-order chi connectivity index (χ0) is 27.2. The van der Waals surface area contributed by atoms with Crippen LogP contribution in [-0.2, 0) is 34.3 Å². The summed E-state index contributed by atoms with van der Waals surface area (Å²) in [6.07, 6.45) is -3.71. The van der Waals surface area contributed by atoms with Gasteiger partial charge in [-0.1, -0.05) is 54.6 Å². The molecule has 0 unspecified atom stereocenters. The van der Waals surface area contributed by atoms with Crippen molar-refractivity contribution in [3.63, 3.8) is 0 Å². The highest BCUT2D eigenvalue weighted by atomic mass is 19.4. The number of aryl methyl sites for hydroxylation is 1. The van der Waals surface area contributed by atoms with Crippen LogP contribution in [0.3, 0.4) is 0 Å². The summed E-state index contributed by atoms with van der Waals surface area (Å²) in [4.78, 5) is 27.3. The summed E-state index contributed by atoms with van der Waals surface area (Å²) < 4.78 is 58.0. The predicted molar refractivity (Wildman–Crippen MR) is 133 cm³/mol. The Balaban J connectivity index is 1.37. The third-order valence-electron chi connectivity index (χ3n) is 6.74. The normalized spacial score (nSPS) is 15.1. The molecule has 0 radical (unpaired) electrons. The maximum absolute atomic E-state index is 13.1. The summed E-state index contributed by atoms with van der Waals surface area (Å²) in [7, 11) is 0. The molecule has 0 aromatic heterocycles. The van der Waals surface area contributed by atoms with Gasteiger partial charge in [-0.3, -0.25) is 4.79 Å². The van der Waals surface area contributed by atoms with Gasteiger partial charge in [0, 0.05) is 38.9 Å². The Morgan fingerprint density at radius 1 is 0.895 bits per heavy atom. The van der Waals surface area contributed by atoms with Crippen molar-refractivity contribution in [3.05, 3.63) is 107 Å². The number of benzene rings is 3. The first-order valence-corrected chi connectivity index (χ1v) is 12.4. The number of halogens is 4. The van der Waals surface area contributed by atoms with Crippen LogP contribution in [0.4, 0.5) is 22.4 Å². The van der Waals surface area contributed by atoms with Gasteiger partial charge in [0.1, 0.15) is 11.4 Å². The van der Waals surface area contributed by atoms with E-state index in [0.717, 1.165) is 23.3 Å². The van der Waals surface area contributed by atoms with E-state index in [-0.39, 0.29) is 24.7 Å². The topological polar surface area (TPSA) is 58.6 Å². The van der Waals surface area contributed by atoms with Crippen molar-refractivity contribution < 1.29 is 31.9 Å². The minimum absolute atomic E-state index is 0.0371. The Morgan fingerprint density at radius 2 is 1.58 bits per heavy atom. The van der Waals surface area contributed by atoms with Gasteiger partial charge < -0.3 is 15.0 Å². The molecule has 9 heteroatoms. The summed E-state index contributed by atoms with van der Waals surface area (Å²) in [5.41, 5.74) is 0.186. The molecule has 4 rings (SSSR count). The fraction of sp³-hybridized carbons (Fsp3) is 0.310. The molecule has 0 aliphatic carbocycles. The minimum Gasteiger partial charge on any atom is -0.438 e. The first-order valence-electron chi connectivity index (χ1n) is 12.4. The minimum atomic E-state index is -4.47. The Kier molecular flexibility index (Phi) is 8.34. The van der Waals surface area contributed by atoms with Gasteiger partial charge in [-0.25, -0.2) is 9.18 Å². The maximum atomic E-state index is 13.1. The van der Waals surface area contributed by atoms with E-state index >= 15 is 0 Å². The van der Waals surface area contributed by atoms with E-state index in [9.17, 15) is 27.2 Å². The Labute approximate surface area is 218 Å². The van der Waals surface area contributed by atoms with E-state index < -0.39 is 23.4 Å². The molecule has 1 N–H and O–H groups in total. The number of amides is 2. The van der Waals surface area contributed by atoms with Crippen molar-refractivity contribution in [1.29, 1.82) is 0 Å². The quantitative estimate of drug-likeness (QED) is 0.371. The van der Waals surface area contributed by atoms with Gasteiger partial charge in [0.25, 0.3) is 0 Å². The number of alkyl halides is 3. The van der Waals surface area contributed by atoms with E-state index in [1.807, 2.05) is 30.3 Å². The second-order valence-corrected chi connectivity index (χ2v) is 9.31. The third kappa shape index (κ3) is 6.90. The molecule has 1 saturated heterocycles. The Hall–Kier alpha value is -3.88. The van der Waals surface area contributed by atoms with Crippen LogP contribution in [0.5, 0.6) is 0 Å². The molecule has 1 fully saturated rings. The lowest BCUT2D eigenvalue weighted by molar-refractivity contribution is -0.138. The highest BCUT2D eigenvalue weighted by molar-refractivity contribution is 5.76. The lowest BCUT2D eigenvalue weighted by Crippen LogP contribution is -2.48. The molecule has 200 valence electrons. The second kappa shape index (κ2) is 11.7. The van der Waals surface area contributed by atoms with Gasteiger partial charge >= 0.3 is 12.3 Å².